The summed E-state index contributed by atoms with van der Waals surface area (Å²) in [5, 5.41) is 0.695. The first-order valence-corrected chi connectivity index (χ1v) is 15.7. The van der Waals surface area contributed by atoms with Gasteiger partial charge in [-0.1, -0.05) is 96.7 Å². The zero-order chi connectivity index (χ0) is 30.3. The van der Waals surface area contributed by atoms with E-state index in [2.05, 4.69) is 21.9 Å². The van der Waals surface area contributed by atoms with Gasteiger partial charge in [-0.2, -0.15) is 0 Å². The van der Waals surface area contributed by atoms with Gasteiger partial charge in [0.05, 0.1) is 11.4 Å². The van der Waals surface area contributed by atoms with Gasteiger partial charge in [-0.25, -0.2) is 14.4 Å². The molecule has 1 aliphatic heterocycles. The summed E-state index contributed by atoms with van der Waals surface area (Å²) in [5.74, 6) is 1.35. The van der Waals surface area contributed by atoms with E-state index in [-0.39, 0.29) is 11.7 Å². The Balaban J connectivity index is 1.14. The van der Waals surface area contributed by atoms with E-state index in [1.807, 2.05) is 98.0 Å². The van der Waals surface area contributed by atoms with Crippen LogP contribution >= 0.6 is 11.8 Å². The predicted molar refractivity (Wildman–Crippen MR) is 177 cm³/mol. The normalized spacial score (nSPS) is 13.1. The van der Waals surface area contributed by atoms with Crippen LogP contribution in [0.1, 0.15) is 21.5 Å². The number of para-hydroxylation sites is 1. The van der Waals surface area contributed by atoms with Gasteiger partial charge in [-0.3, -0.25) is 4.79 Å². The lowest BCUT2D eigenvalue weighted by molar-refractivity contribution is 0.0785. The van der Waals surface area contributed by atoms with Crippen LogP contribution in [0.3, 0.4) is 0 Å². The van der Waals surface area contributed by atoms with Crippen LogP contribution in [0.2, 0.25) is 0 Å². The Labute approximate surface area is 262 Å². The SMILES string of the molecule is CN(Cc1ccccc1)C(=O)c1ccc(CSc2nc(-c3ccccc3)cc(N3CCN(c4ccccc4F)CC3)n2)cc1. The van der Waals surface area contributed by atoms with Crippen LogP contribution in [-0.2, 0) is 12.3 Å². The number of halogens is 1. The van der Waals surface area contributed by atoms with Crippen LogP contribution in [0.5, 0.6) is 0 Å². The minimum atomic E-state index is -0.190. The van der Waals surface area contributed by atoms with Crippen molar-refractivity contribution in [2.24, 2.45) is 0 Å². The van der Waals surface area contributed by atoms with Gasteiger partial charge in [0.15, 0.2) is 5.16 Å². The molecule has 0 spiro atoms. The summed E-state index contributed by atoms with van der Waals surface area (Å²) >= 11 is 1.58. The molecule has 4 aromatic carbocycles. The molecule has 8 heteroatoms. The minimum Gasteiger partial charge on any atom is -0.366 e. The fourth-order valence-electron chi connectivity index (χ4n) is 5.32. The number of benzene rings is 4. The Morgan fingerprint density at radius 2 is 1.41 bits per heavy atom. The number of piperazine rings is 1. The van der Waals surface area contributed by atoms with Crippen LogP contribution in [0.15, 0.2) is 120 Å². The van der Waals surface area contributed by atoms with E-state index in [4.69, 9.17) is 9.97 Å². The second-order valence-electron chi connectivity index (χ2n) is 10.8. The smallest absolute Gasteiger partial charge is 0.253 e. The topological polar surface area (TPSA) is 52.6 Å². The van der Waals surface area contributed by atoms with Gasteiger partial charge in [0.1, 0.15) is 11.6 Å². The molecule has 1 amide bonds. The fourth-order valence-corrected chi connectivity index (χ4v) is 6.13. The number of hydrogen-bond acceptors (Lipinski definition) is 6. The van der Waals surface area contributed by atoms with E-state index < -0.39 is 0 Å². The number of carbonyl (C=O) groups is 1. The first-order chi connectivity index (χ1) is 21.5. The van der Waals surface area contributed by atoms with Crippen molar-refractivity contribution in [3.05, 3.63) is 138 Å². The molecule has 0 radical (unpaired) electrons. The summed E-state index contributed by atoms with van der Waals surface area (Å²) in [6.07, 6.45) is 0. The highest BCUT2D eigenvalue weighted by Crippen LogP contribution is 2.29. The third kappa shape index (κ3) is 7.09. The van der Waals surface area contributed by atoms with Gasteiger partial charge in [-0.15, -0.1) is 0 Å². The zero-order valence-corrected chi connectivity index (χ0v) is 25.5. The molecule has 6 nitrogen and oxygen atoms in total. The monoisotopic (exact) mass is 603 g/mol. The standard InChI is InChI=1S/C36H34FN5OS/c1-40(25-27-10-4-2-5-11-27)35(43)30-18-16-28(17-19-30)26-44-36-38-32(29-12-6-3-7-13-29)24-34(39-36)42-22-20-41(21-23-42)33-15-9-8-14-31(33)37/h2-19,24H,20-23,25-26H2,1H3. The zero-order valence-electron chi connectivity index (χ0n) is 24.6. The van der Waals surface area contributed by atoms with Gasteiger partial charge in [0.2, 0.25) is 0 Å². The third-order valence-corrected chi connectivity index (χ3v) is 8.65. The van der Waals surface area contributed by atoms with Crippen molar-refractivity contribution in [3.8, 4) is 11.3 Å². The molecule has 2 heterocycles. The Hall–Kier alpha value is -4.69. The van der Waals surface area contributed by atoms with Crippen molar-refractivity contribution in [2.75, 3.05) is 43.0 Å². The molecule has 6 rings (SSSR count). The Morgan fingerprint density at radius 1 is 0.773 bits per heavy atom. The van der Waals surface area contributed by atoms with Crippen molar-refractivity contribution >= 4 is 29.2 Å². The summed E-state index contributed by atoms with van der Waals surface area (Å²) in [6.45, 7) is 3.45. The van der Waals surface area contributed by atoms with Crippen molar-refractivity contribution in [1.29, 1.82) is 0 Å². The average Bonchev–Trinajstić information content (AvgIpc) is 3.08. The second kappa shape index (κ2) is 13.7. The molecule has 222 valence electrons. The Bertz CT molecular complexity index is 1690. The number of hydrogen-bond donors (Lipinski definition) is 0. The summed E-state index contributed by atoms with van der Waals surface area (Å²) in [5.41, 5.74) is 5.40. The predicted octanol–water partition coefficient (Wildman–Crippen LogP) is 7.17. The van der Waals surface area contributed by atoms with E-state index in [1.54, 1.807) is 22.7 Å². The number of aromatic nitrogens is 2. The number of carbonyl (C=O) groups excluding carboxylic acids is 1. The van der Waals surface area contributed by atoms with Crippen molar-refractivity contribution in [3.63, 3.8) is 0 Å². The molecule has 0 bridgehead atoms. The molecule has 1 fully saturated rings. The quantitative estimate of drug-likeness (QED) is 0.132. The molecule has 0 atom stereocenters. The molecule has 1 aliphatic rings. The van der Waals surface area contributed by atoms with E-state index in [9.17, 15) is 9.18 Å². The second-order valence-corrected chi connectivity index (χ2v) is 11.8. The number of nitrogens with zero attached hydrogens (tertiary/aromatic N) is 5. The molecule has 0 N–H and O–H groups in total. The van der Waals surface area contributed by atoms with E-state index >= 15 is 0 Å². The van der Waals surface area contributed by atoms with Crippen LogP contribution in [0.25, 0.3) is 11.3 Å². The molecular weight excluding hydrogens is 569 g/mol. The molecule has 44 heavy (non-hydrogen) atoms. The highest BCUT2D eigenvalue weighted by Gasteiger charge is 2.22. The maximum atomic E-state index is 14.4. The molecule has 0 unspecified atom stereocenters. The van der Waals surface area contributed by atoms with Crippen molar-refractivity contribution in [2.45, 2.75) is 17.5 Å². The maximum absolute atomic E-state index is 14.4. The van der Waals surface area contributed by atoms with E-state index in [0.29, 0.717) is 41.8 Å². The number of anilines is 2. The Kier molecular flexibility index (Phi) is 9.17. The lowest BCUT2D eigenvalue weighted by Crippen LogP contribution is -2.47. The number of thioether (sulfide) groups is 1. The van der Waals surface area contributed by atoms with E-state index in [1.165, 1.54) is 6.07 Å². The van der Waals surface area contributed by atoms with Crippen molar-refractivity contribution in [1.82, 2.24) is 14.9 Å². The fraction of sp³-hybridized carbons (Fsp3) is 0.194. The van der Waals surface area contributed by atoms with E-state index in [0.717, 1.165) is 41.3 Å². The highest BCUT2D eigenvalue weighted by molar-refractivity contribution is 7.98. The first-order valence-electron chi connectivity index (χ1n) is 14.7. The average molecular weight is 604 g/mol. The minimum absolute atomic E-state index is 0.00769. The first kappa shape index (κ1) is 29.4. The molecule has 1 aromatic heterocycles. The molecule has 5 aromatic rings. The van der Waals surface area contributed by atoms with Crippen LogP contribution < -0.4 is 9.80 Å². The van der Waals surface area contributed by atoms with Crippen LogP contribution in [0, 0.1) is 5.82 Å². The Morgan fingerprint density at radius 3 is 2.11 bits per heavy atom. The summed E-state index contributed by atoms with van der Waals surface area (Å²) in [6, 6.07) is 36.9. The number of rotatable bonds is 9. The van der Waals surface area contributed by atoms with Crippen LogP contribution in [0.4, 0.5) is 15.9 Å². The van der Waals surface area contributed by atoms with Gasteiger partial charge in [0, 0.05) is 62.7 Å². The largest absolute Gasteiger partial charge is 0.366 e. The van der Waals surface area contributed by atoms with Crippen molar-refractivity contribution < 1.29 is 9.18 Å². The summed E-state index contributed by atoms with van der Waals surface area (Å²) in [4.78, 5) is 28.9. The number of amides is 1. The molecule has 1 saturated heterocycles. The van der Waals surface area contributed by atoms with Gasteiger partial charge < -0.3 is 14.7 Å². The maximum Gasteiger partial charge on any atom is 0.253 e. The highest BCUT2D eigenvalue weighted by atomic mass is 32.2. The summed E-state index contributed by atoms with van der Waals surface area (Å²) < 4.78 is 14.4. The van der Waals surface area contributed by atoms with Crippen LogP contribution in [-0.4, -0.2) is 54.0 Å². The van der Waals surface area contributed by atoms with Gasteiger partial charge >= 0.3 is 0 Å². The molecule has 0 saturated carbocycles. The lowest BCUT2D eigenvalue weighted by atomic mass is 10.1. The molecule has 0 aliphatic carbocycles. The van der Waals surface area contributed by atoms with Gasteiger partial charge in [-0.05, 0) is 35.4 Å². The summed E-state index contributed by atoms with van der Waals surface area (Å²) in [7, 11) is 1.83. The van der Waals surface area contributed by atoms with Gasteiger partial charge in [0.25, 0.3) is 5.91 Å². The lowest BCUT2D eigenvalue weighted by Gasteiger charge is -2.37. The molecular formula is C36H34FN5OS. The third-order valence-electron chi connectivity index (χ3n) is 7.74.